The van der Waals surface area contributed by atoms with Gasteiger partial charge in [-0.2, -0.15) is 0 Å². The molecule has 1 aromatic rings. The monoisotopic (exact) mass is 235 g/mol. The second-order valence-corrected chi connectivity index (χ2v) is 3.65. The van der Waals surface area contributed by atoms with E-state index in [2.05, 4.69) is 18.7 Å². The highest BCUT2D eigenvalue weighted by atomic mass is 16.5. The molecule has 0 aliphatic rings. The van der Waals surface area contributed by atoms with Gasteiger partial charge in [0.2, 0.25) is 0 Å². The molecule has 0 heterocycles. The number of hydrogen-bond acceptors (Lipinski definition) is 3. The highest BCUT2D eigenvalue weighted by Crippen LogP contribution is 2.16. The molecule has 0 N–H and O–H groups in total. The van der Waals surface area contributed by atoms with Gasteiger partial charge in [0, 0.05) is 6.54 Å². The summed E-state index contributed by atoms with van der Waals surface area (Å²) in [6.45, 7) is 7.35. The SMILES string of the molecule is CCN(CC)CC=COc1ccc(OC)cc1. The standard InChI is InChI=1S/C14H21NO2/c1-4-15(5-2)11-6-12-17-14-9-7-13(16-3)8-10-14/h6-10,12H,4-5,11H2,1-3H3. The van der Waals surface area contributed by atoms with Crippen LogP contribution in [0.2, 0.25) is 0 Å². The predicted molar refractivity (Wildman–Crippen MR) is 70.6 cm³/mol. The number of rotatable bonds is 7. The molecule has 0 saturated carbocycles. The second-order valence-electron chi connectivity index (χ2n) is 3.65. The summed E-state index contributed by atoms with van der Waals surface area (Å²) >= 11 is 0. The van der Waals surface area contributed by atoms with E-state index in [0.717, 1.165) is 31.1 Å². The lowest BCUT2D eigenvalue weighted by Crippen LogP contribution is -2.22. The van der Waals surface area contributed by atoms with Gasteiger partial charge in [-0.05, 0) is 43.4 Å². The highest BCUT2D eigenvalue weighted by molar-refractivity contribution is 5.31. The molecule has 0 unspecified atom stereocenters. The van der Waals surface area contributed by atoms with E-state index in [1.165, 1.54) is 0 Å². The van der Waals surface area contributed by atoms with Gasteiger partial charge < -0.3 is 14.4 Å². The first-order chi connectivity index (χ1) is 8.30. The van der Waals surface area contributed by atoms with Gasteiger partial charge in [-0.15, -0.1) is 0 Å². The Morgan fingerprint density at radius 3 is 2.18 bits per heavy atom. The van der Waals surface area contributed by atoms with Crippen LogP contribution in [0.25, 0.3) is 0 Å². The van der Waals surface area contributed by atoms with E-state index < -0.39 is 0 Å². The Kier molecular flexibility index (Phi) is 6.18. The molecule has 3 nitrogen and oxygen atoms in total. The summed E-state index contributed by atoms with van der Waals surface area (Å²) in [6, 6.07) is 7.54. The van der Waals surface area contributed by atoms with E-state index in [1.54, 1.807) is 13.4 Å². The molecule has 0 aliphatic heterocycles. The average Bonchev–Trinajstić information content (AvgIpc) is 2.40. The minimum atomic E-state index is 0.821. The van der Waals surface area contributed by atoms with Gasteiger partial charge in [0.15, 0.2) is 0 Å². The summed E-state index contributed by atoms with van der Waals surface area (Å²) < 4.78 is 10.6. The Labute approximate surface area is 104 Å². The molecule has 0 atom stereocenters. The minimum absolute atomic E-state index is 0.821. The summed E-state index contributed by atoms with van der Waals surface area (Å²) in [4.78, 5) is 2.31. The maximum absolute atomic E-state index is 5.48. The Morgan fingerprint density at radius 2 is 1.65 bits per heavy atom. The number of ether oxygens (including phenoxy) is 2. The van der Waals surface area contributed by atoms with E-state index >= 15 is 0 Å². The predicted octanol–water partition coefficient (Wildman–Crippen LogP) is 2.93. The van der Waals surface area contributed by atoms with Gasteiger partial charge in [0.05, 0.1) is 13.4 Å². The van der Waals surface area contributed by atoms with Crippen molar-refractivity contribution >= 4 is 0 Å². The Hall–Kier alpha value is -1.48. The third kappa shape index (κ3) is 4.91. The van der Waals surface area contributed by atoms with Crippen molar-refractivity contribution in [3.8, 4) is 11.5 Å². The Balaban J connectivity index is 2.36. The highest BCUT2D eigenvalue weighted by Gasteiger charge is 1.95. The van der Waals surface area contributed by atoms with E-state index in [4.69, 9.17) is 9.47 Å². The van der Waals surface area contributed by atoms with Crippen LogP contribution >= 0.6 is 0 Å². The van der Waals surface area contributed by atoms with Crippen LogP contribution in [0.1, 0.15) is 13.8 Å². The molecule has 0 aliphatic carbocycles. The summed E-state index contributed by atoms with van der Waals surface area (Å²) in [6.07, 6.45) is 3.76. The van der Waals surface area contributed by atoms with Crippen LogP contribution in [0.15, 0.2) is 36.6 Å². The molecule has 1 aromatic carbocycles. The normalized spacial score (nSPS) is 11.1. The van der Waals surface area contributed by atoms with Crippen LogP contribution in [-0.2, 0) is 0 Å². The second kappa shape index (κ2) is 7.74. The van der Waals surface area contributed by atoms with Crippen LogP contribution < -0.4 is 9.47 Å². The van der Waals surface area contributed by atoms with Crippen molar-refractivity contribution in [2.75, 3.05) is 26.7 Å². The van der Waals surface area contributed by atoms with Gasteiger partial charge in [0.25, 0.3) is 0 Å². The van der Waals surface area contributed by atoms with Crippen LogP contribution in [0, 0.1) is 0 Å². The molecule has 0 spiro atoms. The van der Waals surface area contributed by atoms with Crippen LogP contribution in [0.5, 0.6) is 11.5 Å². The van der Waals surface area contributed by atoms with Gasteiger partial charge in [-0.25, -0.2) is 0 Å². The van der Waals surface area contributed by atoms with Crippen molar-refractivity contribution in [1.82, 2.24) is 4.90 Å². The summed E-state index contributed by atoms with van der Waals surface area (Å²) in [5.41, 5.74) is 0. The van der Waals surface area contributed by atoms with Gasteiger partial charge >= 0.3 is 0 Å². The average molecular weight is 235 g/mol. The zero-order valence-corrected chi connectivity index (χ0v) is 10.8. The van der Waals surface area contributed by atoms with Gasteiger partial charge in [0.1, 0.15) is 11.5 Å². The lowest BCUT2D eigenvalue weighted by Gasteiger charge is -2.14. The number of likely N-dealkylation sites (N-methyl/N-ethyl adjacent to an activating group) is 1. The summed E-state index contributed by atoms with van der Waals surface area (Å²) in [5.74, 6) is 1.66. The fourth-order valence-corrected chi connectivity index (χ4v) is 1.45. The molecule has 0 fully saturated rings. The lowest BCUT2D eigenvalue weighted by atomic mass is 10.3. The van der Waals surface area contributed by atoms with E-state index in [0.29, 0.717) is 0 Å². The largest absolute Gasteiger partial charge is 0.497 e. The first kappa shape index (κ1) is 13.6. The maximum atomic E-state index is 5.48. The van der Waals surface area contributed by atoms with Gasteiger partial charge in [-0.3, -0.25) is 0 Å². The van der Waals surface area contributed by atoms with Crippen molar-refractivity contribution < 1.29 is 9.47 Å². The number of methoxy groups -OCH3 is 1. The fourth-order valence-electron chi connectivity index (χ4n) is 1.45. The molecule has 3 heteroatoms. The van der Waals surface area contributed by atoms with E-state index in [1.807, 2.05) is 30.3 Å². The number of hydrogen-bond donors (Lipinski definition) is 0. The quantitative estimate of drug-likeness (QED) is 0.678. The first-order valence-electron chi connectivity index (χ1n) is 5.98. The van der Waals surface area contributed by atoms with Crippen molar-refractivity contribution in [3.05, 3.63) is 36.6 Å². The van der Waals surface area contributed by atoms with E-state index in [9.17, 15) is 0 Å². The molecule has 0 amide bonds. The van der Waals surface area contributed by atoms with Crippen molar-refractivity contribution in [2.24, 2.45) is 0 Å². The van der Waals surface area contributed by atoms with Crippen LogP contribution in [-0.4, -0.2) is 31.6 Å². The zero-order valence-electron chi connectivity index (χ0n) is 10.8. The molecular formula is C14H21NO2. The molecule has 17 heavy (non-hydrogen) atoms. The molecule has 1 rings (SSSR count). The third-order valence-corrected chi connectivity index (χ3v) is 2.62. The number of nitrogens with zero attached hydrogens (tertiary/aromatic N) is 1. The van der Waals surface area contributed by atoms with E-state index in [-0.39, 0.29) is 0 Å². The summed E-state index contributed by atoms with van der Waals surface area (Å²) in [5, 5.41) is 0. The lowest BCUT2D eigenvalue weighted by molar-refractivity contribution is 0.334. The van der Waals surface area contributed by atoms with Crippen molar-refractivity contribution in [2.45, 2.75) is 13.8 Å². The summed E-state index contributed by atoms with van der Waals surface area (Å²) in [7, 11) is 1.65. The molecular weight excluding hydrogens is 214 g/mol. The van der Waals surface area contributed by atoms with Crippen molar-refractivity contribution in [3.63, 3.8) is 0 Å². The minimum Gasteiger partial charge on any atom is -0.497 e. The van der Waals surface area contributed by atoms with Gasteiger partial charge in [-0.1, -0.05) is 13.8 Å². The molecule has 0 bridgehead atoms. The molecule has 0 saturated heterocycles. The molecule has 94 valence electrons. The number of benzene rings is 1. The van der Waals surface area contributed by atoms with Crippen LogP contribution in [0.4, 0.5) is 0 Å². The maximum Gasteiger partial charge on any atom is 0.126 e. The fraction of sp³-hybridized carbons (Fsp3) is 0.429. The Morgan fingerprint density at radius 1 is 1.06 bits per heavy atom. The topological polar surface area (TPSA) is 21.7 Å². The van der Waals surface area contributed by atoms with Crippen LogP contribution in [0.3, 0.4) is 0 Å². The first-order valence-corrected chi connectivity index (χ1v) is 5.98. The Bertz CT molecular complexity index is 329. The molecule has 0 aromatic heterocycles. The zero-order chi connectivity index (χ0) is 12.5. The van der Waals surface area contributed by atoms with Crippen molar-refractivity contribution in [1.29, 1.82) is 0 Å². The molecule has 0 radical (unpaired) electrons. The third-order valence-electron chi connectivity index (χ3n) is 2.62. The smallest absolute Gasteiger partial charge is 0.126 e.